The van der Waals surface area contributed by atoms with E-state index in [-0.39, 0.29) is 6.61 Å². The largest absolute Gasteiger partial charge is 0.443 e. The van der Waals surface area contributed by atoms with E-state index in [1.165, 1.54) is 6.42 Å². The minimum Gasteiger partial charge on any atom is -0.443 e. The number of aryl methyl sites for hydroxylation is 1. The van der Waals surface area contributed by atoms with Crippen LogP contribution in [0.2, 0.25) is 0 Å². The van der Waals surface area contributed by atoms with Crippen molar-refractivity contribution in [1.29, 1.82) is 0 Å². The number of rotatable bonds is 2. The van der Waals surface area contributed by atoms with Crippen LogP contribution in [0.15, 0.2) is 4.42 Å². The third kappa shape index (κ3) is 1.81. The lowest BCUT2D eigenvalue weighted by Crippen LogP contribution is -2.28. The summed E-state index contributed by atoms with van der Waals surface area (Å²) in [5.74, 6) is 1.73. The number of hydrogen-bond donors (Lipinski definition) is 2. The fourth-order valence-electron chi connectivity index (χ4n) is 2.00. The number of oxazole rings is 1. The van der Waals surface area contributed by atoms with E-state index in [1.54, 1.807) is 0 Å². The second-order valence-corrected chi connectivity index (χ2v) is 3.75. The van der Waals surface area contributed by atoms with Crippen molar-refractivity contribution in [3.8, 4) is 0 Å². The maximum atomic E-state index is 8.90. The molecule has 14 heavy (non-hydrogen) atoms. The Morgan fingerprint density at radius 2 is 2.50 bits per heavy atom. The molecule has 2 N–H and O–H groups in total. The Hall–Kier alpha value is -0.870. The van der Waals surface area contributed by atoms with Gasteiger partial charge in [-0.25, -0.2) is 4.98 Å². The molecule has 1 unspecified atom stereocenters. The van der Waals surface area contributed by atoms with Crippen molar-refractivity contribution in [1.82, 2.24) is 10.3 Å². The van der Waals surface area contributed by atoms with Crippen LogP contribution in [-0.2, 0) is 6.61 Å². The van der Waals surface area contributed by atoms with Crippen molar-refractivity contribution in [3.63, 3.8) is 0 Å². The van der Waals surface area contributed by atoms with Gasteiger partial charge >= 0.3 is 0 Å². The lowest BCUT2D eigenvalue weighted by Gasteiger charge is -2.21. The second-order valence-electron chi connectivity index (χ2n) is 3.75. The van der Waals surface area contributed by atoms with Crippen LogP contribution in [-0.4, -0.2) is 23.2 Å². The fourth-order valence-corrected chi connectivity index (χ4v) is 2.00. The van der Waals surface area contributed by atoms with Gasteiger partial charge in [0.25, 0.3) is 0 Å². The summed E-state index contributed by atoms with van der Waals surface area (Å²) in [5.41, 5.74) is 1.02. The summed E-state index contributed by atoms with van der Waals surface area (Å²) in [6, 6.07) is 0. The molecule has 0 aromatic carbocycles. The zero-order valence-corrected chi connectivity index (χ0v) is 8.42. The highest BCUT2D eigenvalue weighted by atomic mass is 16.4. The molecule has 1 aromatic heterocycles. The molecule has 4 heteroatoms. The Morgan fingerprint density at radius 3 is 3.07 bits per heavy atom. The van der Waals surface area contributed by atoms with Crippen molar-refractivity contribution >= 4 is 0 Å². The molecular weight excluding hydrogens is 180 g/mol. The maximum Gasteiger partial charge on any atom is 0.220 e. The van der Waals surface area contributed by atoms with Crippen LogP contribution >= 0.6 is 0 Å². The van der Waals surface area contributed by atoms with Crippen LogP contribution in [0.4, 0.5) is 0 Å². The smallest absolute Gasteiger partial charge is 0.220 e. The van der Waals surface area contributed by atoms with E-state index in [1.807, 2.05) is 6.92 Å². The molecule has 0 aliphatic carbocycles. The summed E-state index contributed by atoms with van der Waals surface area (Å²) in [4.78, 5) is 4.30. The summed E-state index contributed by atoms with van der Waals surface area (Å²) in [7, 11) is 0. The van der Waals surface area contributed by atoms with Gasteiger partial charge in [-0.05, 0) is 26.3 Å². The topological polar surface area (TPSA) is 58.3 Å². The predicted molar refractivity (Wildman–Crippen MR) is 52.0 cm³/mol. The number of aliphatic hydroxyl groups is 1. The maximum absolute atomic E-state index is 8.90. The highest BCUT2D eigenvalue weighted by Gasteiger charge is 2.21. The molecule has 0 amide bonds. The van der Waals surface area contributed by atoms with Crippen LogP contribution in [0, 0.1) is 6.92 Å². The molecule has 1 saturated heterocycles. The average Bonchev–Trinajstić information content (AvgIpc) is 2.61. The van der Waals surface area contributed by atoms with Gasteiger partial charge in [0.05, 0.1) is 5.69 Å². The molecule has 1 atom stereocenters. The highest BCUT2D eigenvalue weighted by molar-refractivity contribution is 5.15. The lowest BCUT2D eigenvalue weighted by molar-refractivity contribution is 0.238. The second kappa shape index (κ2) is 4.11. The van der Waals surface area contributed by atoms with E-state index in [2.05, 4.69) is 10.3 Å². The van der Waals surface area contributed by atoms with Crippen molar-refractivity contribution < 1.29 is 9.52 Å². The van der Waals surface area contributed by atoms with E-state index in [4.69, 9.17) is 9.52 Å². The van der Waals surface area contributed by atoms with E-state index in [9.17, 15) is 0 Å². The molecule has 2 rings (SSSR count). The average molecular weight is 196 g/mol. The zero-order valence-electron chi connectivity index (χ0n) is 8.42. The van der Waals surface area contributed by atoms with E-state index in [0.29, 0.717) is 11.8 Å². The van der Waals surface area contributed by atoms with Gasteiger partial charge in [-0.3, -0.25) is 0 Å². The number of nitrogens with one attached hydrogen (secondary N) is 1. The summed E-state index contributed by atoms with van der Waals surface area (Å²) in [6.45, 7) is 3.87. The first kappa shape index (κ1) is 9.68. The lowest BCUT2D eigenvalue weighted by atomic mass is 9.95. The van der Waals surface area contributed by atoms with Gasteiger partial charge in [-0.1, -0.05) is 0 Å². The molecule has 1 aliphatic rings. The number of aromatic nitrogens is 1. The van der Waals surface area contributed by atoms with E-state index < -0.39 is 0 Å². The molecule has 0 saturated carbocycles. The van der Waals surface area contributed by atoms with Crippen molar-refractivity contribution in [2.45, 2.75) is 32.3 Å². The van der Waals surface area contributed by atoms with Crippen LogP contribution in [0.25, 0.3) is 0 Å². The molecular formula is C10H16N2O2. The normalized spacial score (nSPS) is 22.6. The summed E-state index contributed by atoms with van der Waals surface area (Å²) >= 11 is 0. The van der Waals surface area contributed by atoms with Crippen molar-refractivity contribution in [2.24, 2.45) is 0 Å². The Morgan fingerprint density at radius 1 is 1.64 bits per heavy atom. The minimum atomic E-state index is -0.110. The molecule has 1 fully saturated rings. The third-order valence-electron chi connectivity index (χ3n) is 2.70. The van der Waals surface area contributed by atoms with Gasteiger partial charge in [-0.15, -0.1) is 0 Å². The summed E-state index contributed by atoms with van der Waals surface area (Å²) < 4.78 is 5.33. The monoisotopic (exact) mass is 196 g/mol. The van der Waals surface area contributed by atoms with Gasteiger partial charge in [-0.2, -0.15) is 0 Å². The van der Waals surface area contributed by atoms with Gasteiger partial charge < -0.3 is 14.8 Å². The molecule has 0 spiro atoms. The summed E-state index contributed by atoms with van der Waals surface area (Å²) in [5, 5.41) is 12.2. The quantitative estimate of drug-likeness (QED) is 0.739. The van der Waals surface area contributed by atoms with Gasteiger partial charge in [0.15, 0.2) is 0 Å². The standard InChI is InChI=1S/C10H16N2O2/c1-7-10(12-9(6-13)14-7)8-3-2-4-11-5-8/h8,11,13H,2-6H2,1H3. The number of aliphatic hydroxyl groups excluding tert-OH is 1. The van der Waals surface area contributed by atoms with Gasteiger partial charge in [0.1, 0.15) is 12.4 Å². The Kier molecular flexibility index (Phi) is 2.84. The van der Waals surface area contributed by atoms with Crippen LogP contribution < -0.4 is 5.32 Å². The molecule has 0 radical (unpaired) electrons. The first-order valence-corrected chi connectivity index (χ1v) is 5.09. The Bertz CT molecular complexity index is 303. The number of hydrogen-bond acceptors (Lipinski definition) is 4. The third-order valence-corrected chi connectivity index (χ3v) is 2.70. The first-order valence-electron chi connectivity index (χ1n) is 5.09. The van der Waals surface area contributed by atoms with Crippen molar-refractivity contribution in [3.05, 3.63) is 17.3 Å². The Labute approximate surface area is 83.3 Å². The minimum absolute atomic E-state index is 0.110. The number of piperidine rings is 1. The van der Waals surface area contributed by atoms with Gasteiger partial charge in [0.2, 0.25) is 5.89 Å². The first-order chi connectivity index (χ1) is 6.81. The summed E-state index contributed by atoms with van der Waals surface area (Å²) in [6.07, 6.45) is 2.34. The predicted octanol–water partition coefficient (Wildman–Crippen LogP) is 0.942. The van der Waals surface area contributed by atoms with Gasteiger partial charge in [0, 0.05) is 12.5 Å². The molecule has 1 aliphatic heterocycles. The van der Waals surface area contributed by atoms with Crippen molar-refractivity contribution in [2.75, 3.05) is 13.1 Å². The van der Waals surface area contributed by atoms with E-state index in [0.717, 1.165) is 31.0 Å². The molecule has 4 nitrogen and oxygen atoms in total. The molecule has 2 heterocycles. The molecule has 1 aromatic rings. The zero-order chi connectivity index (χ0) is 9.97. The molecule has 78 valence electrons. The van der Waals surface area contributed by atoms with Crippen LogP contribution in [0.5, 0.6) is 0 Å². The SMILES string of the molecule is Cc1oc(CO)nc1C1CCCNC1. The highest BCUT2D eigenvalue weighted by Crippen LogP contribution is 2.25. The number of nitrogens with zero attached hydrogens (tertiary/aromatic N) is 1. The Balaban J connectivity index is 2.17. The fraction of sp³-hybridized carbons (Fsp3) is 0.700. The van der Waals surface area contributed by atoms with Crippen LogP contribution in [0.3, 0.4) is 0 Å². The van der Waals surface area contributed by atoms with Crippen LogP contribution in [0.1, 0.15) is 36.1 Å². The molecule has 0 bridgehead atoms. The van der Waals surface area contributed by atoms with E-state index >= 15 is 0 Å².